The third kappa shape index (κ3) is 2.50. The fourth-order valence-corrected chi connectivity index (χ4v) is 2.90. The third-order valence-corrected chi connectivity index (χ3v) is 4.28. The fraction of sp³-hybridized carbons (Fsp3) is 0.471. The average Bonchev–Trinajstić information content (AvgIpc) is 2.35. The van der Waals surface area contributed by atoms with Crippen LogP contribution in [-0.2, 0) is 6.42 Å². The number of aromatic nitrogens is 1. The Morgan fingerprint density at radius 3 is 2.75 bits per heavy atom. The lowest BCUT2D eigenvalue weighted by atomic mass is 9.91. The third-order valence-electron chi connectivity index (χ3n) is 4.28. The van der Waals surface area contributed by atoms with E-state index in [-0.39, 0.29) is 6.04 Å². The number of benzene rings is 1. The lowest BCUT2D eigenvalue weighted by Gasteiger charge is -2.36. The number of anilines is 1. The molecule has 3 nitrogen and oxygen atoms in total. The van der Waals surface area contributed by atoms with Crippen LogP contribution < -0.4 is 10.6 Å². The van der Waals surface area contributed by atoms with Crippen molar-refractivity contribution in [3.63, 3.8) is 0 Å². The molecule has 1 aliphatic carbocycles. The zero-order valence-corrected chi connectivity index (χ0v) is 12.3. The number of para-hydroxylation sites is 1. The molecule has 0 bridgehead atoms. The molecule has 0 spiro atoms. The molecule has 1 unspecified atom stereocenters. The SMILES string of the molecule is CC(N)Cc1cc2ccccc2nc1N(C)C1CCC1. The van der Waals surface area contributed by atoms with Crippen molar-refractivity contribution < 1.29 is 0 Å². The summed E-state index contributed by atoms with van der Waals surface area (Å²) in [5, 5.41) is 1.20. The van der Waals surface area contributed by atoms with Crippen LogP contribution in [0.2, 0.25) is 0 Å². The summed E-state index contributed by atoms with van der Waals surface area (Å²) >= 11 is 0. The Bertz CT molecular complexity index is 602. The van der Waals surface area contributed by atoms with Crippen LogP contribution in [0, 0.1) is 0 Å². The Balaban J connectivity index is 2.05. The quantitative estimate of drug-likeness (QED) is 0.927. The summed E-state index contributed by atoms with van der Waals surface area (Å²) in [6.45, 7) is 2.06. The molecule has 1 aliphatic rings. The topological polar surface area (TPSA) is 42.1 Å². The van der Waals surface area contributed by atoms with Gasteiger partial charge in [-0.3, -0.25) is 0 Å². The first-order valence-electron chi connectivity index (χ1n) is 7.52. The Labute approximate surface area is 120 Å². The maximum Gasteiger partial charge on any atom is 0.132 e. The van der Waals surface area contributed by atoms with E-state index in [0.717, 1.165) is 17.8 Å². The van der Waals surface area contributed by atoms with Crippen molar-refractivity contribution in [2.24, 2.45) is 5.73 Å². The first kappa shape index (κ1) is 13.4. The van der Waals surface area contributed by atoms with E-state index in [0.29, 0.717) is 6.04 Å². The van der Waals surface area contributed by atoms with E-state index in [1.807, 2.05) is 6.07 Å². The molecular weight excluding hydrogens is 246 g/mol. The van der Waals surface area contributed by atoms with Gasteiger partial charge in [0.05, 0.1) is 5.52 Å². The van der Waals surface area contributed by atoms with Gasteiger partial charge in [0, 0.05) is 24.5 Å². The smallest absolute Gasteiger partial charge is 0.132 e. The van der Waals surface area contributed by atoms with E-state index >= 15 is 0 Å². The van der Waals surface area contributed by atoms with E-state index in [2.05, 4.69) is 43.1 Å². The van der Waals surface area contributed by atoms with Crippen molar-refractivity contribution in [3.8, 4) is 0 Å². The summed E-state index contributed by atoms with van der Waals surface area (Å²) < 4.78 is 0. The molecule has 106 valence electrons. The molecule has 2 aromatic rings. The minimum absolute atomic E-state index is 0.159. The molecule has 0 saturated heterocycles. The summed E-state index contributed by atoms with van der Waals surface area (Å²) in [5.74, 6) is 1.12. The maximum atomic E-state index is 6.01. The molecule has 1 saturated carbocycles. The zero-order chi connectivity index (χ0) is 14.1. The molecule has 0 amide bonds. The van der Waals surface area contributed by atoms with Crippen molar-refractivity contribution in [1.29, 1.82) is 0 Å². The summed E-state index contributed by atoms with van der Waals surface area (Å²) in [6, 6.07) is 11.4. The molecule has 1 aromatic heterocycles. The van der Waals surface area contributed by atoms with Crippen LogP contribution in [0.3, 0.4) is 0 Å². The Hall–Kier alpha value is -1.61. The standard InChI is InChI=1S/C17H23N3/c1-12(18)10-14-11-13-6-3-4-9-16(13)19-17(14)20(2)15-7-5-8-15/h3-4,6,9,11-12,15H,5,7-8,10,18H2,1-2H3. The zero-order valence-electron chi connectivity index (χ0n) is 12.3. The van der Waals surface area contributed by atoms with Gasteiger partial charge in [-0.1, -0.05) is 18.2 Å². The molecule has 3 heteroatoms. The molecule has 0 radical (unpaired) electrons. The second kappa shape index (κ2) is 5.41. The van der Waals surface area contributed by atoms with E-state index in [4.69, 9.17) is 10.7 Å². The van der Waals surface area contributed by atoms with Gasteiger partial charge in [0.15, 0.2) is 0 Å². The Morgan fingerprint density at radius 1 is 1.35 bits per heavy atom. The van der Waals surface area contributed by atoms with Crippen LogP contribution >= 0.6 is 0 Å². The highest BCUT2D eigenvalue weighted by molar-refractivity contribution is 5.82. The summed E-state index contributed by atoms with van der Waals surface area (Å²) in [4.78, 5) is 7.26. The number of hydrogen-bond donors (Lipinski definition) is 1. The number of nitrogens with zero attached hydrogens (tertiary/aromatic N) is 2. The highest BCUT2D eigenvalue weighted by Crippen LogP contribution is 2.31. The van der Waals surface area contributed by atoms with Gasteiger partial charge >= 0.3 is 0 Å². The first-order valence-corrected chi connectivity index (χ1v) is 7.52. The van der Waals surface area contributed by atoms with Gasteiger partial charge < -0.3 is 10.6 Å². The lowest BCUT2D eigenvalue weighted by Crippen LogP contribution is -2.38. The highest BCUT2D eigenvalue weighted by atomic mass is 15.2. The van der Waals surface area contributed by atoms with E-state index < -0.39 is 0 Å². The molecule has 1 atom stereocenters. The molecule has 0 aliphatic heterocycles. The lowest BCUT2D eigenvalue weighted by molar-refractivity contribution is 0.398. The highest BCUT2D eigenvalue weighted by Gasteiger charge is 2.25. The van der Waals surface area contributed by atoms with Gasteiger partial charge in [-0.05, 0) is 50.3 Å². The molecule has 20 heavy (non-hydrogen) atoms. The van der Waals surface area contributed by atoms with Crippen molar-refractivity contribution in [1.82, 2.24) is 4.98 Å². The predicted octanol–water partition coefficient (Wildman–Crippen LogP) is 3.11. The normalized spacial score (nSPS) is 16.9. The number of fused-ring (bicyclic) bond motifs is 1. The van der Waals surface area contributed by atoms with Gasteiger partial charge in [-0.25, -0.2) is 4.98 Å². The van der Waals surface area contributed by atoms with Crippen molar-refractivity contribution >= 4 is 16.7 Å². The van der Waals surface area contributed by atoms with Crippen molar-refractivity contribution in [2.45, 2.75) is 44.7 Å². The van der Waals surface area contributed by atoms with Gasteiger partial charge in [-0.15, -0.1) is 0 Å². The average molecular weight is 269 g/mol. The largest absolute Gasteiger partial charge is 0.356 e. The van der Waals surface area contributed by atoms with Crippen LogP contribution in [0.1, 0.15) is 31.7 Å². The molecule has 2 N–H and O–H groups in total. The second-order valence-electron chi connectivity index (χ2n) is 6.04. The maximum absolute atomic E-state index is 6.01. The minimum atomic E-state index is 0.159. The van der Waals surface area contributed by atoms with E-state index in [9.17, 15) is 0 Å². The molecular formula is C17H23N3. The Kier molecular flexibility index (Phi) is 3.62. The second-order valence-corrected chi connectivity index (χ2v) is 6.04. The molecule has 1 heterocycles. The fourth-order valence-electron chi connectivity index (χ4n) is 2.90. The van der Waals surface area contributed by atoms with Gasteiger partial charge in [-0.2, -0.15) is 0 Å². The predicted molar refractivity (Wildman–Crippen MR) is 85.1 cm³/mol. The number of rotatable bonds is 4. The van der Waals surface area contributed by atoms with Crippen molar-refractivity contribution in [2.75, 3.05) is 11.9 Å². The summed E-state index contributed by atoms with van der Waals surface area (Å²) in [7, 11) is 2.17. The van der Waals surface area contributed by atoms with Gasteiger partial charge in [0.1, 0.15) is 5.82 Å². The van der Waals surface area contributed by atoms with E-state index in [1.54, 1.807) is 0 Å². The number of nitrogens with two attached hydrogens (primary N) is 1. The van der Waals surface area contributed by atoms with Crippen LogP contribution in [0.25, 0.3) is 10.9 Å². The first-order chi connectivity index (χ1) is 9.65. The monoisotopic (exact) mass is 269 g/mol. The number of pyridine rings is 1. The van der Waals surface area contributed by atoms with Crippen LogP contribution in [0.5, 0.6) is 0 Å². The Morgan fingerprint density at radius 2 is 2.10 bits per heavy atom. The van der Waals surface area contributed by atoms with Gasteiger partial charge in [0.25, 0.3) is 0 Å². The molecule has 1 fully saturated rings. The summed E-state index contributed by atoms with van der Waals surface area (Å²) in [6.07, 6.45) is 4.78. The van der Waals surface area contributed by atoms with Crippen LogP contribution in [0.15, 0.2) is 30.3 Å². The minimum Gasteiger partial charge on any atom is -0.356 e. The molecule has 3 rings (SSSR count). The van der Waals surface area contributed by atoms with Crippen LogP contribution in [0.4, 0.5) is 5.82 Å². The van der Waals surface area contributed by atoms with Crippen LogP contribution in [-0.4, -0.2) is 24.1 Å². The number of hydrogen-bond acceptors (Lipinski definition) is 3. The van der Waals surface area contributed by atoms with Crippen molar-refractivity contribution in [3.05, 3.63) is 35.9 Å². The van der Waals surface area contributed by atoms with E-state index in [1.165, 1.54) is 30.2 Å². The summed E-state index contributed by atoms with van der Waals surface area (Å²) in [5.41, 5.74) is 8.36. The van der Waals surface area contributed by atoms with Gasteiger partial charge in [0.2, 0.25) is 0 Å². The molecule has 1 aromatic carbocycles.